The van der Waals surface area contributed by atoms with E-state index in [1.807, 2.05) is 23.1 Å². The molecule has 0 radical (unpaired) electrons. The highest BCUT2D eigenvalue weighted by atomic mass is 16.3. The van der Waals surface area contributed by atoms with E-state index in [4.69, 9.17) is 4.42 Å². The van der Waals surface area contributed by atoms with E-state index < -0.39 is 0 Å². The predicted octanol–water partition coefficient (Wildman–Crippen LogP) is 4.59. The minimum Gasteiger partial charge on any atom is -0.443 e. The highest BCUT2D eigenvalue weighted by molar-refractivity contribution is 5.98. The minimum atomic E-state index is -0.0230. The molecule has 2 fully saturated rings. The van der Waals surface area contributed by atoms with Crippen molar-refractivity contribution in [2.24, 2.45) is 0 Å². The van der Waals surface area contributed by atoms with Crippen LogP contribution in [0.3, 0.4) is 0 Å². The lowest BCUT2D eigenvalue weighted by Crippen LogP contribution is -2.52. The number of rotatable bonds is 3. The highest BCUT2D eigenvalue weighted by Crippen LogP contribution is 2.28. The van der Waals surface area contributed by atoms with Crippen LogP contribution in [0.4, 0.5) is 0 Å². The molecule has 150 valence electrons. The smallest absolute Gasteiger partial charge is 0.276 e. The van der Waals surface area contributed by atoms with Gasteiger partial charge in [-0.1, -0.05) is 55.7 Å². The summed E-state index contributed by atoms with van der Waals surface area (Å²) in [6, 6.07) is 15.0. The Morgan fingerprint density at radius 2 is 1.69 bits per heavy atom. The number of hydrogen-bond donors (Lipinski definition) is 0. The SMILES string of the molecule is O=C(c1ncoc1-c1ccc2ccccc2c1)N1CCN(C2CCCCC2)CC1. The van der Waals surface area contributed by atoms with Gasteiger partial charge in [0, 0.05) is 37.8 Å². The molecule has 1 aliphatic carbocycles. The zero-order chi connectivity index (χ0) is 19.6. The van der Waals surface area contributed by atoms with Gasteiger partial charge in [0.15, 0.2) is 17.8 Å². The normalized spacial score (nSPS) is 19.0. The molecule has 5 nitrogen and oxygen atoms in total. The molecular formula is C24H27N3O2. The van der Waals surface area contributed by atoms with Gasteiger partial charge >= 0.3 is 0 Å². The Morgan fingerprint density at radius 3 is 2.48 bits per heavy atom. The molecule has 0 atom stereocenters. The summed E-state index contributed by atoms with van der Waals surface area (Å²) in [5, 5.41) is 2.29. The summed E-state index contributed by atoms with van der Waals surface area (Å²) in [4.78, 5) is 22.0. The molecular weight excluding hydrogens is 362 g/mol. The summed E-state index contributed by atoms with van der Waals surface area (Å²) < 4.78 is 5.66. The number of piperazine rings is 1. The second-order valence-electron chi connectivity index (χ2n) is 8.21. The molecule has 1 aromatic heterocycles. The van der Waals surface area contributed by atoms with Crippen molar-refractivity contribution in [2.75, 3.05) is 26.2 Å². The Hall–Kier alpha value is -2.66. The second kappa shape index (κ2) is 7.99. The molecule has 3 aromatic rings. The van der Waals surface area contributed by atoms with Crippen molar-refractivity contribution in [3.63, 3.8) is 0 Å². The largest absolute Gasteiger partial charge is 0.443 e. The molecule has 0 unspecified atom stereocenters. The van der Waals surface area contributed by atoms with Crippen LogP contribution in [0.2, 0.25) is 0 Å². The Labute approximate surface area is 171 Å². The van der Waals surface area contributed by atoms with E-state index in [-0.39, 0.29) is 5.91 Å². The van der Waals surface area contributed by atoms with E-state index in [2.05, 4.69) is 34.1 Å². The van der Waals surface area contributed by atoms with E-state index in [9.17, 15) is 4.79 Å². The van der Waals surface area contributed by atoms with Gasteiger partial charge in [-0.15, -0.1) is 0 Å². The lowest BCUT2D eigenvalue weighted by Gasteiger charge is -2.40. The van der Waals surface area contributed by atoms with Crippen LogP contribution in [0.1, 0.15) is 42.6 Å². The van der Waals surface area contributed by atoms with Crippen molar-refractivity contribution in [2.45, 2.75) is 38.1 Å². The zero-order valence-electron chi connectivity index (χ0n) is 16.7. The first-order valence-electron chi connectivity index (χ1n) is 10.8. The van der Waals surface area contributed by atoms with Crippen molar-refractivity contribution in [1.82, 2.24) is 14.8 Å². The average Bonchev–Trinajstić information content (AvgIpc) is 3.29. The van der Waals surface area contributed by atoms with E-state index in [1.54, 1.807) is 0 Å². The van der Waals surface area contributed by atoms with Crippen molar-refractivity contribution >= 4 is 16.7 Å². The van der Waals surface area contributed by atoms with Gasteiger partial charge < -0.3 is 9.32 Å². The van der Waals surface area contributed by atoms with Crippen molar-refractivity contribution in [1.29, 1.82) is 0 Å². The molecule has 1 saturated heterocycles. The Morgan fingerprint density at radius 1 is 0.931 bits per heavy atom. The van der Waals surface area contributed by atoms with Crippen LogP contribution in [0.15, 0.2) is 53.3 Å². The number of hydrogen-bond acceptors (Lipinski definition) is 4. The number of oxazole rings is 1. The molecule has 2 aromatic carbocycles. The maximum atomic E-state index is 13.2. The fourth-order valence-electron chi connectivity index (χ4n) is 4.82. The van der Waals surface area contributed by atoms with Crippen molar-refractivity contribution < 1.29 is 9.21 Å². The summed E-state index contributed by atoms with van der Waals surface area (Å²) in [5.74, 6) is 0.542. The predicted molar refractivity (Wildman–Crippen MR) is 114 cm³/mol. The Bertz CT molecular complexity index is 998. The number of aromatic nitrogens is 1. The fourth-order valence-corrected chi connectivity index (χ4v) is 4.82. The number of amides is 1. The van der Waals surface area contributed by atoms with Crippen molar-refractivity contribution in [3.8, 4) is 11.3 Å². The van der Waals surface area contributed by atoms with Gasteiger partial charge in [-0.2, -0.15) is 0 Å². The van der Waals surface area contributed by atoms with E-state index in [0.717, 1.165) is 37.1 Å². The Balaban J connectivity index is 1.32. The van der Waals surface area contributed by atoms with Crippen LogP contribution in [0, 0.1) is 0 Å². The summed E-state index contributed by atoms with van der Waals surface area (Å²) in [6.07, 6.45) is 8.07. The molecule has 1 saturated carbocycles. The van der Waals surface area contributed by atoms with E-state index in [1.165, 1.54) is 43.9 Å². The topological polar surface area (TPSA) is 49.6 Å². The summed E-state index contributed by atoms with van der Waals surface area (Å²) >= 11 is 0. The van der Waals surface area contributed by atoms with Gasteiger partial charge in [-0.05, 0) is 29.7 Å². The third-order valence-corrected chi connectivity index (χ3v) is 6.47. The minimum absolute atomic E-state index is 0.0230. The van der Waals surface area contributed by atoms with Gasteiger partial charge in [0.05, 0.1) is 0 Å². The van der Waals surface area contributed by atoms with Crippen LogP contribution < -0.4 is 0 Å². The van der Waals surface area contributed by atoms with Crippen LogP contribution in [0.5, 0.6) is 0 Å². The number of carbonyl (C=O) groups excluding carboxylic acids is 1. The van der Waals surface area contributed by atoms with Gasteiger partial charge in [0.1, 0.15) is 0 Å². The number of nitrogens with zero attached hydrogens (tertiary/aromatic N) is 3. The number of fused-ring (bicyclic) bond motifs is 1. The third-order valence-electron chi connectivity index (χ3n) is 6.47. The summed E-state index contributed by atoms with van der Waals surface area (Å²) in [6.45, 7) is 3.44. The molecule has 0 bridgehead atoms. The van der Waals surface area contributed by atoms with Gasteiger partial charge in [0.25, 0.3) is 5.91 Å². The fraction of sp³-hybridized carbons (Fsp3) is 0.417. The first-order chi connectivity index (χ1) is 14.3. The summed E-state index contributed by atoms with van der Waals surface area (Å²) in [7, 11) is 0. The van der Waals surface area contributed by atoms with E-state index >= 15 is 0 Å². The first-order valence-corrected chi connectivity index (χ1v) is 10.8. The van der Waals surface area contributed by atoms with Gasteiger partial charge in [0.2, 0.25) is 0 Å². The molecule has 2 aliphatic rings. The molecule has 1 amide bonds. The van der Waals surface area contributed by atoms with Gasteiger partial charge in [-0.25, -0.2) is 4.98 Å². The maximum Gasteiger partial charge on any atom is 0.276 e. The van der Waals surface area contributed by atoms with Crippen molar-refractivity contribution in [3.05, 3.63) is 54.6 Å². The average molecular weight is 389 g/mol. The molecule has 0 spiro atoms. The number of carbonyl (C=O) groups is 1. The monoisotopic (exact) mass is 389 g/mol. The molecule has 0 N–H and O–H groups in total. The lowest BCUT2D eigenvalue weighted by atomic mass is 9.94. The van der Waals surface area contributed by atoms with Crippen LogP contribution >= 0.6 is 0 Å². The quantitative estimate of drug-likeness (QED) is 0.658. The third kappa shape index (κ3) is 3.67. The molecule has 5 heteroatoms. The molecule has 5 rings (SSSR count). The highest BCUT2D eigenvalue weighted by Gasteiger charge is 2.30. The van der Waals surface area contributed by atoms with Crippen LogP contribution in [-0.2, 0) is 0 Å². The Kier molecular flexibility index (Phi) is 5.06. The van der Waals surface area contributed by atoms with Gasteiger partial charge in [-0.3, -0.25) is 9.69 Å². The second-order valence-corrected chi connectivity index (χ2v) is 8.21. The maximum absolute atomic E-state index is 13.2. The summed E-state index contributed by atoms with van der Waals surface area (Å²) in [5.41, 5.74) is 1.32. The zero-order valence-corrected chi connectivity index (χ0v) is 16.7. The van der Waals surface area contributed by atoms with Crippen LogP contribution in [0.25, 0.3) is 22.1 Å². The molecule has 1 aliphatic heterocycles. The number of benzene rings is 2. The lowest BCUT2D eigenvalue weighted by molar-refractivity contribution is 0.0519. The standard InChI is InChI=1S/C24H27N3O2/c28-24(27-14-12-26(13-15-27)21-8-2-1-3-9-21)22-23(29-17-25-22)20-11-10-18-6-4-5-7-19(18)16-20/h4-7,10-11,16-17,21H,1-3,8-9,12-15H2. The van der Waals surface area contributed by atoms with Crippen LogP contribution in [-0.4, -0.2) is 52.9 Å². The van der Waals surface area contributed by atoms with E-state index in [0.29, 0.717) is 17.5 Å². The molecule has 2 heterocycles. The first kappa shape index (κ1) is 18.4. The molecule has 29 heavy (non-hydrogen) atoms.